The number of unbranched alkanes of at least 4 members (excludes halogenated alkanes) is 1. The van der Waals surface area contributed by atoms with Crippen LogP contribution >= 0.6 is 0 Å². The maximum Gasteiger partial charge on any atom is 0.305 e. The van der Waals surface area contributed by atoms with Crippen LogP contribution in [0.2, 0.25) is 19.6 Å². The molecule has 0 aliphatic heterocycles. The van der Waals surface area contributed by atoms with Crippen molar-refractivity contribution in [3.8, 4) is 0 Å². The number of rotatable bonds is 36. The van der Waals surface area contributed by atoms with E-state index in [1.165, 1.54) is 0 Å². The summed E-state index contributed by atoms with van der Waals surface area (Å²) in [6.07, 6.45) is 1.24. The standard InChI is InChI=1S/C29H58O14Si/c1-44(2,3)43-27-25-41-23-21-39-19-17-37-15-13-35-11-9-33-8-10-34-12-14-36-16-18-38-20-22-40-24-26-42-29(32)7-5-4-6-28(30)31/h4-27H2,1-3H3,(H,30,31). The Hall–Kier alpha value is -1.24. The first-order valence-corrected chi connectivity index (χ1v) is 18.9. The Morgan fingerprint density at radius 2 is 0.705 bits per heavy atom. The monoisotopic (exact) mass is 658 g/mol. The minimum absolute atomic E-state index is 0.0618. The molecule has 0 rings (SSSR count). The number of carbonyl (C=O) groups is 2. The molecule has 0 fully saturated rings. The van der Waals surface area contributed by atoms with Gasteiger partial charge in [-0.05, 0) is 32.5 Å². The van der Waals surface area contributed by atoms with Crippen LogP contribution in [0.1, 0.15) is 25.7 Å². The third-order valence-electron chi connectivity index (χ3n) is 5.25. The first-order valence-electron chi connectivity index (χ1n) is 15.5. The van der Waals surface area contributed by atoms with Crippen molar-refractivity contribution in [2.75, 3.05) is 132 Å². The van der Waals surface area contributed by atoms with Crippen molar-refractivity contribution in [1.82, 2.24) is 0 Å². The molecule has 0 saturated carbocycles. The minimum Gasteiger partial charge on any atom is -0.481 e. The van der Waals surface area contributed by atoms with Gasteiger partial charge in [0, 0.05) is 12.8 Å². The topological polar surface area (TPSA) is 156 Å². The highest BCUT2D eigenvalue weighted by molar-refractivity contribution is 6.69. The fourth-order valence-electron chi connectivity index (χ4n) is 3.10. The molecule has 0 heterocycles. The molecular weight excluding hydrogens is 600 g/mol. The molecule has 0 bridgehead atoms. The molecule has 1 N–H and O–H groups in total. The molecule has 14 nitrogen and oxygen atoms in total. The highest BCUT2D eigenvalue weighted by Crippen LogP contribution is 2.02. The zero-order valence-corrected chi connectivity index (χ0v) is 28.2. The molecule has 0 unspecified atom stereocenters. The predicted molar refractivity (Wildman–Crippen MR) is 164 cm³/mol. The Morgan fingerprint density at radius 1 is 0.432 bits per heavy atom. The third kappa shape index (κ3) is 38.8. The molecular formula is C29H58O14Si. The summed E-state index contributed by atoms with van der Waals surface area (Å²) >= 11 is 0. The number of carbonyl (C=O) groups excluding carboxylic acids is 1. The lowest BCUT2D eigenvalue weighted by Gasteiger charge is -2.16. The number of carboxylic acid groups (broad SMARTS) is 1. The molecule has 0 aromatic carbocycles. The van der Waals surface area contributed by atoms with Crippen LogP contribution in [0, 0.1) is 0 Å². The SMILES string of the molecule is C[Si](C)(C)OCCOCCOCCOCCOCCOCCOCCOCCOCCOCCOC(=O)CCCCC(=O)O. The van der Waals surface area contributed by atoms with Crippen LogP contribution in [0.5, 0.6) is 0 Å². The van der Waals surface area contributed by atoms with Crippen molar-refractivity contribution in [3.63, 3.8) is 0 Å². The number of carboxylic acids is 1. The summed E-state index contributed by atoms with van der Waals surface area (Å²) in [6.45, 7) is 15.9. The number of aliphatic carboxylic acids is 1. The van der Waals surface area contributed by atoms with Crippen LogP contribution in [-0.2, 0) is 61.4 Å². The van der Waals surface area contributed by atoms with E-state index in [0.717, 1.165) is 0 Å². The molecule has 262 valence electrons. The van der Waals surface area contributed by atoms with E-state index in [1.54, 1.807) is 0 Å². The van der Waals surface area contributed by atoms with Gasteiger partial charge in [0.25, 0.3) is 0 Å². The first-order chi connectivity index (χ1) is 21.3. The van der Waals surface area contributed by atoms with Crippen molar-refractivity contribution < 1.29 is 66.5 Å². The van der Waals surface area contributed by atoms with E-state index >= 15 is 0 Å². The van der Waals surface area contributed by atoms with Gasteiger partial charge in [-0.25, -0.2) is 0 Å². The van der Waals surface area contributed by atoms with Gasteiger partial charge in [0.15, 0.2) is 8.32 Å². The second-order valence-corrected chi connectivity index (χ2v) is 14.8. The summed E-state index contributed by atoms with van der Waals surface area (Å²) in [7, 11) is -1.46. The van der Waals surface area contributed by atoms with Gasteiger partial charge < -0.3 is 56.9 Å². The maximum atomic E-state index is 11.5. The normalized spacial score (nSPS) is 11.7. The summed E-state index contributed by atoms with van der Waals surface area (Å²) in [6, 6.07) is 0. The van der Waals surface area contributed by atoms with Crippen LogP contribution in [0.15, 0.2) is 0 Å². The van der Waals surface area contributed by atoms with Crippen LogP contribution in [0.3, 0.4) is 0 Å². The number of ether oxygens (including phenoxy) is 10. The lowest BCUT2D eigenvalue weighted by molar-refractivity contribution is -0.146. The third-order valence-corrected chi connectivity index (χ3v) is 6.32. The fraction of sp³-hybridized carbons (Fsp3) is 0.931. The van der Waals surface area contributed by atoms with Crippen LogP contribution in [0.4, 0.5) is 0 Å². The lowest BCUT2D eigenvalue weighted by Crippen LogP contribution is -2.27. The second-order valence-electron chi connectivity index (χ2n) is 10.3. The zero-order chi connectivity index (χ0) is 32.4. The van der Waals surface area contributed by atoms with E-state index in [-0.39, 0.29) is 32.0 Å². The summed E-state index contributed by atoms with van der Waals surface area (Å²) in [5.41, 5.74) is 0. The number of esters is 1. The minimum atomic E-state index is -1.46. The Morgan fingerprint density at radius 3 is 1.00 bits per heavy atom. The van der Waals surface area contributed by atoms with Crippen LogP contribution in [-0.4, -0.2) is 158 Å². The van der Waals surface area contributed by atoms with E-state index < -0.39 is 14.3 Å². The molecule has 0 radical (unpaired) electrons. The Balaban J connectivity index is 3.11. The van der Waals surface area contributed by atoms with Crippen LogP contribution in [0.25, 0.3) is 0 Å². The van der Waals surface area contributed by atoms with E-state index in [0.29, 0.717) is 132 Å². The fourth-order valence-corrected chi connectivity index (χ4v) is 3.80. The average Bonchev–Trinajstić information content (AvgIpc) is 2.97. The Labute approximate surface area is 264 Å². The molecule has 0 atom stereocenters. The van der Waals surface area contributed by atoms with E-state index in [1.807, 2.05) is 0 Å². The molecule has 0 spiro atoms. The molecule has 44 heavy (non-hydrogen) atoms. The van der Waals surface area contributed by atoms with Gasteiger partial charge in [0.2, 0.25) is 0 Å². The second kappa shape index (κ2) is 33.1. The van der Waals surface area contributed by atoms with Crippen LogP contribution < -0.4 is 0 Å². The van der Waals surface area contributed by atoms with Crippen molar-refractivity contribution in [1.29, 1.82) is 0 Å². The van der Waals surface area contributed by atoms with Gasteiger partial charge in [-0.15, -0.1) is 0 Å². The van der Waals surface area contributed by atoms with E-state index in [9.17, 15) is 9.59 Å². The van der Waals surface area contributed by atoms with E-state index in [2.05, 4.69) is 19.6 Å². The molecule has 0 aromatic heterocycles. The number of hydrogen-bond acceptors (Lipinski definition) is 13. The van der Waals surface area contributed by atoms with E-state index in [4.69, 9.17) is 56.9 Å². The van der Waals surface area contributed by atoms with Crippen molar-refractivity contribution in [2.45, 2.75) is 45.3 Å². The Bertz CT molecular complexity index is 636. The van der Waals surface area contributed by atoms with Crippen molar-refractivity contribution in [2.24, 2.45) is 0 Å². The molecule has 0 aromatic rings. The predicted octanol–water partition coefficient (Wildman–Crippen LogP) is 2.18. The maximum absolute atomic E-state index is 11.5. The van der Waals surface area contributed by atoms with Gasteiger partial charge in [0.05, 0.1) is 126 Å². The van der Waals surface area contributed by atoms with Gasteiger partial charge in [0.1, 0.15) is 6.61 Å². The molecule has 0 amide bonds. The summed E-state index contributed by atoms with van der Waals surface area (Å²) in [4.78, 5) is 21.9. The average molecular weight is 659 g/mol. The molecule has 0 saturated heterocycles. The largest absolute Gasteiger partial charge is 0.481 e. The van der Waals surface area contributed by atoms with Gasteiger partial charge in [-0.2, -0.15) is 0 Å². The van der Waals surface area contributed by atoms with Gasteiger partial charge in [-0.1, -0.05) is 0 Å². The zero-order valence-electron chi connectivity index (χ0n) is 27.2. The van der Waals surface area contributed by atoms with Crippen molar-refractivity contribution >= 4 is 20.3 Å². The summed E-state index contributed by atoms with van der Waals surface area (Å²) < 4.78 is 59.6. The Kier molecular flexibility index (Phi) is 32.2. The summed E-state index contributed by atoms with van der Waals surface area (Å²) in [5.74, 6) is -1.21. The summed E-state index contributed by atoms with van der Waals surface area (Å²) in [5, 5.41) is 8.54. The van der Waals surface area contributed by atoms with Gasteiger partial charge >= 0.3 is 11.9 Å². The molecule has 0 aliphatic rings. The quantitative estimate of drug-likeness (QED) is 0.0594. The van der Waals surface area contributed by atoms with Crippen molar-refractivity contribution in [3.05, 3.63) is 0 Å². The smallest absolute Gasteiger partial charge is 0.305 e. The molecule has 0 aliphatic carbocycles. The first kappa shape index (κ1) is 42.8. The highest BCUT2D eigenvalue weighted by atomic mass is 28.4. The number of hydrogen-bond donors (Lipinski definition) is 1. The lowest BCUT2D eigenvalue weighted by atomic mass is 10.2. The van der Waals surface area contributed by atoms with Gasteiger partial charge in [-0.3, -0.25) is 9.59 Å². The highest BCUT2D eigenvalue weighted by Gasteiger charge is 2.13. The molecule has 15 heteroatoms.